The van der Waals surface area contributed by atoms with E-state index in [1.54, 1.807) is 38.1 Å². The van der Waals surface area contributed by atoms with Crippen LogP contribution in [-0.4, -0.2) is 17.2 Å². The number of carboxylic acids is 1. The molecule has 24 heavy (non-hydrogen) atoms. The van der Waals surface area contributed by atoms with Crippen molar-refractivity contribution in [3.05, 3.63) is 59.7 Å². The van der Waals surface area contributed by atoms with Crippen LogP contribution in [0.1, 0.15) is 33.3 Å². The number of aliphatic carboxylic acids is 1. The van der Waals surface area contributed by atoms with Crippen molar-refractivity contribution in [1.29, 1.82) is 0 Å². The molecular formula is C20H22O4. The number of rotatable bonds is 6. The second kappa shape index (κ2) is 7.68. The topological polar surface area (TPSA) is 55.8 Å². The van der Waals surface area contributed by atoms with Gasteiger partial charge in [0.15, 0.2) is 0 Å². The quantitative estimate of drug-likeness (QED) is 0.746. The lowest BCUT2D eigenvalue weighted by Crippen LogP contribution is -2.05. The number of carbonyl (C=O) groups is 1. The van der Waals surface area contributed by atoms with E-state index in [2.05, 4.69) is 0 Å². The Kier molecular flexibility index (Phi) is 5.64. The molecule has 0 saturated heterocycles. The predicted octanol–water partition coefficient (Wildman–Crippen LogP) is 5.14. The van der Waals surface area contributed by atoms with Crippen LogP contribution in [0.3, 0.4) is 0 Å². The molecule has 126 valence electrons. The molecule has 0 heterocycles. The minimum atomic E-state index is -0.969. The van der Waals surface area contributed by atoms with Gasteiger partial charge in [0.25, 0.3) is 0 Å². The highest BCUT2D eigenvalue weighted by Gasteiger charge is 2.17. The summed E-state index contributed by atoms with van der Waals surface area (Å²) in [5, 5.41) is 9.50. The number of carboxylic acid groups (broad SMARTS) is 1. The van der Waals surface area contributed by atoms with E-state index in [1.165, 1.54) is 0 Å². The van der Waals surface area contributed by atoms with E-state index in [-0.39, 0.29) is 11.7 Å². The summed E-state index contributed by atoms with van der Waals surface area (Å²) in [6.07, 6.45) is 0.0665. The zero-order valence-electron chi connectivity index (χ0n) is 14.4. The maximum absolute atomic E-state index is 11.6. The fourth-order valence-corrected chi connectivity index (χ4v) is 2.37. The molecule has 0 aliphatic carbocycles. The number of ether oxygens (including phenoxy) is 2. The van der Waals surface area contributed by atoms with Gasteiger partial charge < -0.3 is 14.6 Å². The van der Waals surface area contributed by atoms with Gasteiger partial charge >= 0.3 is 5.97 Å². The zero-order valence-corrected chi connectivity index (χ0v) is 14.4. The molecule has 0 bridgehead atoms. The van der Waals surface area contributed by atoms with Crippen LogP contribution in [0.4, 0.5) is 0 Å². The number of para-hydroxylation sites is 1. The van der Waals surface area contributed by atoms with Crippen molar-refractivity contribution in [2.45, 2.75) is 33.8 Å². The highest BCUT2D eigenvalue weighted by molar-refractivity contribution is 6.17. The second-order valence-corrected chi connectivity index (χ2v) is 5.92. The van der Waals surface area contributed by atoms with Crippen LogP contribution in [0.5, 0.6) is 17.2 Å². The first-order chi connectivity index (χ1) is 11.4. The van der Waals surface area contributed by atoms with Crippen molar-refractivity contribution in [3.8, 4) is 17.2 Å². The largest absolute Gasteiger partial charge is 0.491 e. The van der Waals surface area contributed by atoms with Crippen LogP contribution in [0.15, 0.2) is 54.1 Å². The summed E-state index contributed by atoms with van der Waals surface area (Å²) < 4.78 is 11.6. The van der Waals surface area contributed by atoms with Crippen molar-refractivity contribution >= 4 is 11.5 Å². The highest BCUT2D eigenvalue weighted by atomic mass is 16.5. The smallest absolute Gasteiger partial charge is 0.336 e. The average Bonchev–Trinajstić information content (AvgIpc) is 2.48. The predicted molar refractivity (Wildman–Crippen MR) is 94.6 cm³/mol. The fraction of sp³-hybridized carbons (Fsp3) is 0.250. The Morgan fingerprint density at radius 2 is 1.67 bits per heavy atom. The summed E-state index contributed by atoms with van der Waals surface area (Å²) in [4.78, 5) is 11.6. The summed E-state index contributed by atoms with van der Waals surface area (Å²) in [6.45, 7) is 7.46. The van der Waals surface area contributed by atoms with Crippen LogP contribution in [0.2, 0.25) is 0 Å². The van der Waals surface area contributed by atoms with E-state index in [0.717, 1.165) is 5.57 Å². The fourth-order valence-electron chi connectivity index (χ4n) is 2.37. The normalized spacial score (nSPS) is 10.4. The SMILES string of the molecule is CC(C)=C(C(=O)O)c1ccccc1Oc1cccc(OC(C)C)c1. The van der Waals surface area contributed by atoms with Gasteiger partial charge in [-0.3, -0.25) is 0 Å². The van der Waals surface area contributed by atoms with Gasteiger partial charge in [-0.25, -0.2) is 4.79 Å². The maximum atomic E-state index is 11.6. The van der Waals surface area contributed by atoms with E-state index < -0.39 is 5.97 Å². The third-order valence-electron chi connectivity index (χ3n) is 3.28. The first-order valence-corrected chi connectivity index (χ1v) is 7.83. The monoisotopic (exact) mass is 326 g/mol. The van der Waals surface area contributed by atoms with Gasteiger partial charge in [-0.15, -0.1) is 0 Å². The summed E-state index contributed by atoms with van der Waals surface area (Å²) in [5.41, 5.74) is 1.52. The van der Waals surface area contributed by atoms with E-state index in [0.29, 0.717) is 22.8 Å². The van der Waals surface area contributed by atoms with Crippen molar-refractivity contribution < 1.29 is 19.4 Å². The molecule has 0 radical (unpaired) electrons. The molecule has 0 aliphatic rings. The lowest BCUT2D eigenvalue weighted by Gasteiger charge is -2.14. The van der Waals surface area contributed by atoms with Gasteiger partial charge in [-0.1, -0.05) is 29.8 Å². The lowest BCUT2D eigenvalue weighted by molar-refractivity contribution is -0.130. The summed E-state index contributed by atoms with van der Waals surface area (Å²) in [6, 6.07) is 14.4. The standard InChI is InChI=1S/C20H22O4/c1-13(2)19(20(21)22)17-10-5-6-11-18(17)24-16-9-7-8-15(12-16)23-14(3)4/h5-12,14H,1-4H3,(H,21,22). The van der Waals surface area contributed by atoms with E-state index >= 15 is 0 Å². The molecule has 2 aromatic rings. The Morgan fingerprint density at radius 3 is 2.29 bits per heavy atom. The van der Waals surface area contributed by atoms with Gasteiger partial charge in [0.1, 0.15) is 17.2 Å². The Hall–Kier alpha value is -2.75. The van der Waals surface area contributed by atoms with Gasteiger partial charge in [0, 0.05) is 11.6 Å². The molecule has 0 spiro atoms. The number of hydrogen-bond acceptors (Lipinski definition) is 3. The van der Waals surface area contributed by atoms with E-state index in [4.69, 9.17) is 9.47 Å². The molecule has 0 saturated carbocycles. The first-order valence-electron chi connectivity index (χ1n) is 7.83. The molecule has 2 rings (SSSR count). The van der Waals surface area contributed by atoms with Gasteiger partial charge in [0.05, 0.1) is 11.7 Å². The first kappa shape index (κ1) is 17.6. The Morgan fingerprint density at radius 1 is 1.00 bits per heavy atom. The molecule has 0 unspecified atom stereocenters. The van der Waals surface area contributed by atoms with Crippen molar-refractivity contribution in [2.75, 3.05) is 0 Å². The van der Waals surface area contributed by atoms with Crippen LogP contribution in [-0.2, 0) is 4.79 Å². The lowest BCUT2D eigenvalue weighted by atomic mass is 10.0. The van der Waals surface area contributed by atoms with Crippen LogP contribution >= 0.6 is 0 Å². The Labute approximate surface area is 142 Å². The zero-order chi connectivity index (χ0) is 17.7. The second-order valence-electron chi connectivity index (χ2n) is 5.92. The molecule has 0 fully saturated rings. The summed E-state index contributed by atoms with van der Waals surface area (Å²) >= 11 is 0. The van der Waals surface area contributed by atoms with E-state index in [1.807, 2.05) is 38.1 Å². The van der Waals surface area contributed by atoms with Crippen molar-refractivity contribution in [3.63, 3.8) is 0 Å². The minimum Gasteiger partial charge on any atom is -0.491 e. The number of benzene rings is 2. The molecule has 0 aliphatic heterocycles. The Balaban J connectivity index is 2.38. The molecule has 4 nitrogen and oxygen atoms in total. The third-order valence-corrected chi connectivity index (χ3v) is 3.28. The molecular weight excluding hydrogens is 304 g/mol. The molecule has 0 amide bonds. The van der Waals surface area contributed by atoms with Crippen LogP contribution < -0.4 is 9.47 Å². The van der Waals surface area contributed by atoms with Crippen LogP contribution in [0, 0.1) is 0 Å². The Bertz CT molecular complexity index is 756. The van der Waals surface area contributed by atoms with Crippen molar-refractivity contribution in [2.24, 2.45) is 0 Å². The van der Waals surface area contributed by atoms with E-state index in [9.17, 15) is 9.90 Å². The van der Waals surface area contributed by atoms with Gasteiger partial charge in [-0.2, -0.15) is 0 Å². The molecule has 1 N–H and O–H groups in total. The van der Waals surface area contributed by atoms with Crippen LogP contribution in [0.25, 0.3) is 5.57 Å². The van der Waals surface area contributed by atoms with Gasteiger partial charge in [0.2, 0.25) is 0 Å². The number of allylic oxidation sites excluding steroid dienone is 1. The molecule has 0 aromatic heterocycles. The maximum Gasteiger partial charge on any atom is 0.336 e. The van der Waals surface area contributed by atoms with Crippen molar-refractivity contribution in [1.82, 2.24) is 0 Å². The minimum absolute atomic E-state index is 0.0665. The highest BCUT2D eigenvalue weighted by Crippen LogP contribution is 2.33. The number of hydrogen-bond donors (Lipinski definition) is 1. The molecule has 0 atom stereocenters. The molecule has 4 heteroatoms. The average molecular weight is 326 g/mol. The molecule has 2 aromatic carbocycles. The third kappa shape index (κ3) is 4.38. The van der Waals surface area contributed by atoms with Gasteiger partial charge in [-0.05, 0) is 45.9 Å². The summed E-state index contributed by atoms with van der Waals surface area (Å²) in [7, 11) is 0. The summed E-state index contributed by atoms with van der Waals surface area (Å²) in [5.74, 6) is 0.834.